The first-order valence-electron chi connectivity index (χ1n) is 7.31. The maximum Gasteiger partial charge on any atom is 0.249 e. The van der Waals surface area contributed by atoms with Gasteiger partial charge >= 0.3 is 0 Å². The quantitative estimate of drug-likeness (QED) is 0.787. The number of carbonyl (C=O) groups is 3. The van der Waals surface area contributed by atoms with Gasteiger partial charge in [0.15, 0.2) is 0 Å². The zero-order chi connectivity index (χ0) is 14.8. The van der Waals surface area contributed by atoms with Crippen molar-refractivity contribution in [1.29, 1.82) is 0 Å². The molecule has 1 unspecified atom stereocenters. The average molecular weight is 284 g/mol. The number of anilines is 1. The van der Waals surface area contributed by atoms with Crippen LogP contribution in [-0.2, 0) is 19.8 Å². The first-order valence-corrected chi connectivity index (χ1v) is 7.31. The lowest BCUT2D eigenvalue weighted by Gasteiger charge is -2.30. The number of hydrogen-bond donors (Lipinski definition) is 1. The van der Waals surface area contributed by atoms with Crippen LogP contribution in [0, 0.1) is 6.92 Å². The monoisotopic (exact) mass is 284 g/mol. The van der Waals surface area contributed by atoms with Crippen molar-refractivity contribution in [3.8, 4) is 0 Å². The van der Waals surface area contributed by atoms with E-state index in [1.807, 2.05) is 19.1 Å². The third-order valence-electron chi connectivity index (χ3n) is 4.83. The lowest BCUT2D eigenvalue weighted by molar-refractivity contribution is -0.135. The van der Waals surface area contributed by atoms with Gasteiger partial charge in [0, 0.05) is 12.1 Å². The molecule has 5 heteroatoms. The lowest BCUT2D eigenvalue weighted by atomic mass is 9.96. The number of benzene rings is 1. The first-order chi connectivity index (χ1) is 10.0. The molecule has 2 fully saturated rings. The van der Waals surface area contributed by atoms with E-state index in [0.29, 0.717) is 6.42 Å². The van der Waals surface area contributed by atoms with E-state index in [0.717, 1.165) is 29.7 Å². The fraction of sp³-hybridized carbons (Fsp3) is 0.438. The van der Waals surface area contributed by atoms with Gasteiger partial charge < -0.3 is 0 Å². The van der Waals surface area contributed by atoms with Crippen LogP contribution in [0.5, 0.6) is 0 Å². The summed E-state index contributed by atoms with van der Waals surface area (Å²) in [5.74, 6) is -0.588. The predicted molar refractivity (Wildman–Crippen MR) is 75.7 cm³/mol. The zero-order valence-corrected chi connectivity index (χ0v) is 11.8. The van der Waals surface area contributed by atoms with Gasteiger partial charge in [-0.05, 0) is 37.8 Å². The maximum absolute atomic E-state index is 12.8. The molecule has 0 radical (unpaired) electrons. The van der Waals surface area contributed by atoms with E-state index in [1.54, 1.807) is 4.90 Å². The smallest absolute Gasteiger partial charge is 0.249 e. The second kappa shape index (κ2) is 3.93. The van der Waals surface area contributed by atoms with Gasteiger partial charge in [-0.15, -0.1) is 0 Å². The third kappa shape index (κ3) is 1.60. The molecule has 3 amide bonds. The molecule has 1 atom stereocenters. The normalized spacial score (nSPS) is 26.0. The van der Waals surface area contributed by atoms with Crippen molar-refractivity contribution < 1.29 is 14.4 Å². The molecule has 5 nitrogen and oxygen atoms in total. The molecule has 2 heterocycles. The number of rotatable bonds is 1. The van der Waals surface area contributed by atoms with Gasteiger partial charge in [-0.1, -0.05) is 17.7 Å². The Hall–Kier alpha value is -2.17. The molecule has 108 valence electrons. The Bertz CT molecular complexity index is 691. The Morgan fingerprint density at radius 1 is 1.24 bits per heavy atom. The van der Waals surface area contributed by atoms with Crippen molar-refractivity contribution in [2.24, 2.45) is 0 Å². The van der Waals surface area contributed by atoms with E-state index in [1.165, 1.54) is 0 Å². The van der Waals surface area contributed by atoms with Gasteiger partial charge in [-0.3, -0.25) is 24.6 Å². The van der Waals surface area contributed by atoms with E-state index in [4.69, 9.17) is 0 Å². The summed E-state index contributed by atoms with van der Waals surface area (Å²) in [7, 11) is 0. The predicted octanol–water partition coefficient (Wildman–Crippen LogP) is 1.18. The Morgan fingerprint density at radius 3 is 2.67 bits per heavy atom. The average Bonchev–Trinajstić information content (AvgIpc) is 3.20. The van der Waals surface area contributed by atoms with Crippen molar-refractivity contribution in [2.45, 2.75) is 44.1 Å². The second-order valence-electron chi connectivity index (χ2n) is 6.24. The molecule has 3 aliphatic rings. The molecule has 1 aromatic carbocycles. The standard InChI is InChI=1S/C16H16N2O3/c1-9-2-3-11-10(8-9)16(6-7-16)15(21)18(11)12-4-5-13(19)17-14(12)20/h2-3,8,12H,4-7H2,1H3,(H,17,19,20). The number of piperidine rings is 1. The van der Waals surface area contributed by atoms with E-state index in [-0.39, 0.29) is 24.1 Å². The highest BCUT2D eigenvalue weighted by molar-refractivity contribution is 6.15. The van der Waals surface area contributed by atoms with Gasteiger partial charge in [-0.2, -0.15) is 0 Å². The molecular formula is C16H16N2O3. The summed E-state index contributed by atoms with van der Waals surface area (Å²) < 4.78 is 0. The van der Waals surface area contributed by atoms with Crippen LogP contribution in [0.15, 0.2) is 18.2 Å². The van der Waals surface area contributed by atoms with Gasteiger partial charge in [0.25, 0.3) is 0 Å². The van der Waals surface area contributed by atoms with Crippen molar-refractivity contribution in [1.82, 2.24) is 5.32 Å². The maximum atomic E-state index is 12.8. The lowest BCUT2D eigenvalue weighted by Crippen LogP contribution is -2.54. The summed E-state index contributed by atoms with van der Waals surface area (Å²) in [5, 5.41) is 2.35. The summed E-state index contributed by atoms with van der Waals surface area (Å²) in [6.45, 7) is 2.01. The number of hydrogen-bond acceptors (Lipinski definition) is 3. The Morgan fingerprint density at radius 2 is 2.00 bits per heavy atom. The van der Waals surface area contributed by atoms with Gasteiger partial charge in [0.05, 0.1) is 5.41 Å². The van der Waals surface area contributed by atoms with Crippen LogP contribution in [0.25, 0.3) is 0 Å². The number of fused-ring (bicyclic) bond motifs is 2. The van der Waals surface area contributed by atoms with Crippen LogP contribution in [0.3, 0.4) is 0 Å². The number of nitrogens with one attached hydrogen (secondary N) is 1. The van der Waals surface area contributed by atoms with Crippen molar-refractivity contribution in [2.75, 3.05) is 4.90 Å². The highest BCUT2D eigenvalue weighted by Crippen LogP contribution is 2.58. The van der Waals surface area contributed by atoms with E-state index in [2.05, 4.69) is 11.4 Å². The molecule has 1 aliphatic carbocycles. The van der Waals surface area contributed by atoms with Crippen LogP contribution < -0.4 is 10.2 Å². The SMILES string of the molecule is Cc1ccc2c(c1)C1(CC1)C(=O)N2C1CCC(=O)NC1=O. The Kier molecular flexibility index (Phi) is 2.35. The molecule has 2 aliphatic heterocycles. The van der Waals surface area contributed by atoms with Crippen LogP contribution in [-0.4, -0.2) is 23.8 Å². The second-order valence-corrected chi connectivity index (χ2v) is 6.24. The molecular weight excluding hydrogens is 268 g/mol. The van der Waals surface area contributed by atoms with Crippen LogP contribution in [0.4, 0.5) is 5.69 Å². The molecule has 21 heavy (non-hydrogen) atoms. The topological polar surface area (TPSA) is 66.5 Å². The molecule has 1 spiro atoms. The first kappa shape index (κ1) is 12.6. The Balaban J connectivity index is 1.79. The van der Waals surface area contributed by atoms with Gasteiger partial charge in [0.2, 0.25) is 17.7 Å². The highest BCUT2D eigenvalue weighted by Gasteiger charge is 2.61. The third-order valence-corrected chi connectivity index (χ3v) is 4.83. The molecule has 0 bridgehead atoms. The molecule has 4 rings (SSSR count). The van der Waals surface area contributed by atoms with E-state index < -0.39 is 11.5 Å². The summed E-state index contributed by atoms with van der Waals surface area (Å²) in [6, 6.07) is 5.40. The van der Waals surface area contributed by atoms with Gasteiger partial charge in [-0.25, -0.2) is 0 Å². The Labute approximate surface area is 122 Å². The van der Waals surface area contributed by atoms with Crippen LogP contribution >= 0.6 is 0 Å². The van der Waals surface area contributed by atoms with E-state index >= 15 is 0 Å². The van der Waals surface area contributed by atoms with Crippen molar-refractivity contribution >= 4 is 23.4 Å². The summed E-state index contributed by atoms with van der Waals surface area (Å²) in [5.41, 5.74) is 2.62. The number of carbonyl (C=O) groups excluding carboxylic acids is 3. The number of aryl methyl sites for hydroxylation is 1. The van der Waals surface area contributed by atoms with Crippen molar-refractivity contribution in [3.63, 3.8) is 0 Å². The van der Waals surface area contributed by atoms with Gasteiger partial charge in [0.1, 0.15) is 6.04 Å². The zero-order valence-electron chi connectivity index (χ0n) is 11.8. The van der Waals surface area contributed by atoms with Crippen LogP contribution in [0.1, 0.15) is 36.8 Å². The molecule has 1 saturated carbocycles. The fourth-order valence-corrected chi connectivity index (χ4v) is 3.54. The van der Waals surface area contributed by atoms with Crippen LogP contribution in [0.2, 0.25) is 0 Å². The highest BCUT2D eigenvalue weighted by atomic mass is 16.2. The minimum absolute atomic E-state index is 0.0256. The number of amides is 3. The largest absolute Gasteiger partial charge is 0.299 e. The summed E-state index contributed by atoms with van der Waals surface area (Å²) in [4.78, 5) is 37.9. The summed E-state index contributed by atoms with van der Waals surface area (Å²) in [6.07, 6.45) is 2.40. The summed E-state index contributed by atoms with van der Waals surface area (Å²) >= 11 is 0. The van der Waals surface area contributed by atoms with E-state index in [9.17, 15) is 14.4 Å². The van der Waals surface area contributed by atoms with Crippen molar-refractivity contribution in [3.05, 3.63) is 29.3 Å². The fourth-order valence-electron chi connectivity index (χ4n) is 3.54. The number of nitrogens with zero attached hydrogens (tertiary/aromatic N) is 1. The molecule has 1 aromatic rings. The molecule has 1 N–H and O–H groups in total. The minimum Gasteiger partial charge on any atom is -0.299 e. The number of imide groups is 1. The molecule has 1 saturated heterocycles. The minimum atomic E-state index is -0.559. The molecule has 0 aromatic heterocycles.